The Bertz CT molecular complexity index is 3060. The van der Waals surface area contributed by atoms with Crippen molar-refractivity contribution in [3.63, 3.8) is 0 Å². The van der Waals surface area contributed by atoms with Crippen molar-refractivity contribution in [1.29, 1.82) is 0 Å². The number of rotatable bonds is 9. The third-order valence-electron chi connectivity index (χ3n) is 14.2. The van der Waals surface area contributed by atoms with E-state index in [1.54, 1.807) is 48.5 Å². The molecule has 4 N–H and O–H groups in total. The Hall–Kier alpha value is -8.60. The zero-order valence-corrected chi connectivity index (χ0v) is 40.3. The van der Waals surface area contributed by atoms with E-state index in [1.165, 1.54) is 66.8 Å². The maximum Gasteiger partial charge on any atom is 0.115 e. The first kappa shape index (κ1) is 45.2. The van der Waals surface area contributed by atoms with Crippen molar-refractivity contribution < 1.29 is 20.4 Å². The van der Waals surface area contributed by atoms with Gasteiger partial charge in [0.05, 0.1) is 0 Å². The Morgan fingerprint density at radius 2 is 0.271 bits per heavy atom. The molecule has 0 unspecified atom stereocenters. The molecule has 4 heteroatoms. The normalized spacial score (nSPS) is 11.2. The van der Waals surface area contributed by atoms with Crippen LogP contribution in [0.2, 0.25) is 0 Å². The lowest BCUT2D eigenvalue weighted by Gasteiger charge is -2.28. The molecule has 0 aliphatic carbocycles. The van der Waals surface area contributed by atoms with Crippen LogP contribution in [0.25, 0.3) is 100 Å². The summed E-state index contributed by atoms with van der Waals surface area (Å²) in [5.41, 5.74) is 27.3. The molecule has 10 aromatic carbocycles. The van der Waals surface area contributed by atoms with E-state index in [2.05, 4.69) is 139 Å². The lowest BCUT2D eigenvalue weighted by atomic mass is 9.75. The Morgan fingerprint density at radius 1 is 0.157 bits per heavy atom. The molecule has 0 heterocycles. The first-order valence-corrected chi connectivity index (χ1v) is 23.7. The van der Waals surface area contributed by atoms with Crippen LogP contribution in [0.3, 0.4) is 0 Å². The second kappa shape index (κ2) is 18.5. The quantitative estimate of drug-likeness (QED) is 0.116. The number of phenolic OH excluding ortho intramolecular Hbond substituents is 4. The molecule has 0 saturated carbocycles. The molecule has 70 heavy (non-hydrogen) atoms. The highest BCUT2D eigenvalue weighted by Crippen LogP contribution is 2.50. The molecule has 10 rings (SSSR count). The van der Waals surface area contributed by atoms with E-state index in [0.29, 0.717) is 0 Å². The largest absolute Gasteiger partial charge is 0.508 e. The predicted octanol–water partition coefficient (Wildman–Crippen LogP) is 17.4. The second-order valence-corrected chi connectivity index (χ2v) is 18.5. The van der Waals surface area contributed by atoms with Crippen LogP contribution in [0.4, 0.5) is 0 Å². The molecule has 4 nitrogen and oxygen atoms in total. The summed E-state index contributed by atoms with van der Waals surface area (Å²) in [5, 5.41) is 40.1. The first-order valence-electron chi connectivity index (χ1n) is 23.7. The molecule has 0 spiro atoms. The highest BCUT2D eigenvalue weighted by Gasteiger charge is 2.27. The van der Waals surface area contributed by atoms with Crippen LogP contribution < -0.4 is 0 Å². The summed E-state index contributed by atoms with van der Waals surface area (Å²) >= 11 is 0. The van der Waals surface area contributed by atoms with Crippen LogP contribution in [0, 0.1) is 41.5 Å². The van der Waals surface area contributed by atoms with Gasteiger partial charge in [0.15, 0.2) is 0 Å². The maximum absolute atomic E-state index is 10.0. The van der Waals surface area contributed by atoms with E-state index in [-0.39, 0.29) is 23.0 Å². The van der Waals surface area contributed by atoms with E-state index in [1.807, 2.05) is 48.5 Å². The summed E-state index contributed by atoms with van der Waals surface area (Å²) in [6.07, 6.45) is 0. The molecular weight excluding hydrogens is 857 g/mol. The molecule has 10 aromatic rings. The molecule has 0 bridgehead atoms. The van der Waals surface area contributed by atoms with Crippen LogP contribution in [-0.2, 0) is 0 Å². The van der Waals surface area contributed by atoms with E-state index in [4.69, 9.17) is 0 Å². The highest BCUT2D eigenvalue weighted by atomic mass is 16.3. The number of hydrogen-bond acceptors (Lipinski definition) is 4. The standard InChI is InChI=1S/C66H54O4/c1-39-61(53-15-7-45(8-16-53)49-23-31-57(67)32-24-49)41(3)65(42(4)62(39)54-17-9-46(10-18-54)50-25-33-58(68)34-26-50)66-43(5)63(55-19-11-47(12-20-55)51-27-35-59(69)36-28-51)40(2)64(44(66)6)56-21-13-48(14-22-56)52-29-37-60(70)38-30-52/h7-38,67-70H,1-6H3. The number of hydrogen-bond donors (Lipinski definition) is 4. The monoisotopic (exact) mass is 910 g/mol. The van der Waals surface area contributed by atoms with Crippen LogP contribution in [0.5, 0.6) is 23.0 Å². The highest BCUT2D eigenvalue weighted by molar-refractivity contribution is 5.98. The van der Waals surface area contributed by atoms with Gasteiger partial charge in [-0.25, -0.2) is 0 Å². The molecule has 0 aliphatic rings. The van der Waals surface area contributed by atoms with Crippen LogP contribution in [0.1, 0.15) is 33.4 Å². The number of phenols is 4. The van der Waals surface area contributed by atoms with Gasteiger partial charge in [0.2, 0.25) is 0 Å². The fourth-order valence-corrected chi connectivity index (χ4v) is 10.9. The van der Waals surface area contributed by atoms with Gasteiger partial charge < -0.3 is 20.4 Å². The van der Waals surface area contributed by atoms with E-state index in [9.17, 15) is 20.4 Å². The number of benzene rings is 10. The number of aromatic hydroxyl groups is 4. The van der Waals surface area contributed by atoms with Crippen molar-refractivity contribution in [2.75, 3.05) is 0 Å². The zero-order valence-electron chi connectivity index (χ0n) is 40.3. The van der Waals surface area contributed by atoms with Crippen LogP contribution in [0.15, 0.2) is 194 Å². The van der Waals surface area contributed by atoms with Gasteiger partial charge in [-0.3, -0.25) is 0 Å². The average molecular weight is 911 g/mol. The maximum atomic E-state index is 10.0. The Morgan fingerprint density at radius 3 is 0.429 bits per heavy atom. The Kier molecular flexibility index (Phi) is 11.9. The fraction of sp³-hybridized carbons (Fsp3) is 0.0909. The second-order valence-electron chi connectivity index (χ2n) is 18.5. The van der Waals surface area contributed by atoms with Gasteiger partial charge in [-0.05, 0) is 224 Å². The summed E-state index contributed by atoms with van der Waals surface area (Å²) < 4.78 is 0. The van der Waals surface area contributed by atoms with Gasteiger partial charge in [0.1, 0.15) is 23.0 Å². The van der Waals surface area contributed by atoms with Gasteiger partial charge in [0.25, 0.3) is 0 Å². The van der Waals surface area contributed by atoms with Crippen molar-refractivity contribution in [2.24, 2.45) is 0 Å². The summed E-state index contributed by atoms with van der Waals surface area (Å²) in [5.74, 6) is 0.973. The van der Waals surface area contributed by atoms with Gasteiger partial charge in [-0.1, -0.05) is 146 Å². The third-order valence-corrected chi connectivity index (χ3v) is 14.2. The minimum Gasteiger partial charge on any atom is -0.508 e. The van der Waals surface area contributed by atoms with Gasteiger partial charge in [-0.2, -0.15) is 0 Å². The van der Waals surface area contributed by atoms with Gasteiger partial charge in [0, 0.05) is 0 Å². The molecular formula is C66H54O4. The summed E-state index contributed by atoms with van der Waals surface area (Å²) in [6.45, 7) is 13.7. The summed E-state index contributed by atoms with van der Waals surface area (Å²) in [7, 11) is 0. The van der Waals surface area contributed by atoms with Crippen molar-refractivity contribution >= 4 is 0 Å². The summed E-state index contributed by atoms with van der Waals surface area (Å²) in [4.78, 5) is 0. The van der Waals surface area contributed by atoms with Crippen molar-refractivity contribution in [2.45, 2.75) is 41.5 Å². The molecule has 0 aliphatic heterocycles. The Balaban J connectivity index is 1.22. The topological polar surface area (TPSA) is 80.9 Å². The van der Waals surface area contributed by atoms with Crippen molar-refractivity contribution in [3.8, 4) is 123 Å². The summed E-state index contributed by atoms with van der Waals surface area (Å²) in [6, 6.07) is 64.6. The lowest BCUT2D eigenvalue weighted by Crippen LogP contribution is -2.06. The molecule has 0 saturated heterocycles. The van der Waals surface area contributed by atoms with Crippen molar-refractivity contribution in [1.82, 2.24) is 0 Å². The SMILES string of the molecule is Cc1c(-c2ccc(-c3ccc(O)cc3)cc2)c(C)c(-c2c(C)c(-c3ccc(-c4ccc(O)cc4)cc3)c(C)c(-c3ccc(-c4ccc(O)cc4)cc3)c2C)c(C)c1-c1ccc(-c2ccc(O)cc2)cc1. The first-order chi connectivity index (χ1) is 33.8. The van der Waals surface area contributed by atoms with E-state index < -0.39 is 0 Å². The van der Waals surface area contributed by atoms with E-state index >= 15 is 0 Å². The third kappa shape index (κ3) is 8.39. The zero-order chi connectivity index (χ0) is 48.8. The van der Waals surface area contributed by atoms with E-state index in [0.717, 1.165) is 66.8 Å². The molecule has 342 valence electrons. The molecule has 0 radical (unpaired) electrons. The molecule has 0 aromatic heterocycles. The molecule has 0 amide bonds. The average Bonchev–Trinajstić information content (AvgIpc) is 3.37. The molecule has 0 fully saturated rings. The van der Waals surface area contributed by atoms with Crippen molar-refractivity contribution in [3.05, 3.63) is 228 Å². The minimum atomic E-state index is 0.243. The van der Waals surface area contributed by atoms with Gasteiger partial charge >= 0.3 is 0 Å². The minimum absolute atomic E-state index is 0.243. The van der Waals surface area contributed by atoms with Gasteiger partial charge in [-0.15, -0.1) is 0 Å². The van der Waals surface area contributed by atoms with Crippen LogP contribution >= 0.6 is 0 Å². The molecule has 0 atom stereocenters. The fourth-order valence-electron chi connectivity index (χ4n) is 10.9. The Labute approximate surface area is 410 Å². The smallest absolute Gasteiger partial charge is 0.115 e. The van der Waals surface area contributed by atoms with Crippen LogP contribution in [-0.4, -0.2) is 20.4 Å². The lowest BCUT2D eigenvalue weighted by molar-refractivity contribution is 0.475. The predicted molar refractivity (Wildman–Crippen MR) is 290 cm³/mol.